The number of aryl methyl sites for hydroxylation is 1. The number of carbonyl (C=O) groups is 1. The predicted octanol–water partition coefficient (Wildman–Crippen LogP) is 4.36. The Kier molecular flexibility index (Phi) is 5.72. The summed E-state index contributed by atoms with van der Waals surface area (Å²) < 4.78 is 48.4. The first-order valence-corrected chi connectivity index (χ1v) is 10.4. The summed E-state index contributed by atoms with van der Waals surface area (Å²) in [5, 5.41) is 3.89. The number of hydrogen-bond donors (Lipinski definition) is 0. The number of likely N-dealkylation sites (tertiary alicyclic amines) is 1. The lowest BCUT2D eigenvalue weighted by Crippen LogP contribution is -2.40. The molecule has 0 aliphatic carbocycles. The highest BCUT2D eigenvalue weighted by atomic mass is 19.4. The maximum absolute atomic E-state index is 13.8. The molecule has 1 aliphatic heterocycles. The molecule has 10 heteroatoms. The second-order valence-electron chi connectivity index (χ2n) is 8.00. The fourth-order valence-corrected chi connectivity index (χ4v) is 4.15. The average molecular weight is 435 g/mol. The van der Waals surface area contributed by atoms with E-state index in [4.69, 9.17) is 4.52 Å². The van der Waals surface area contributed by atoms with Crippen LogP contribution in [-0.2, 0) is 17.4 Å². The largest absolute Gasteiger partial charge is 0.417 e. The molecule has 0 bridgehead atoms. The van der Waals surface area contributed by atoms with Crippen LogP contribution in [0.2, 0.25) is 0 Å². The molecule has 166 valence electrons. The number of hydrogen-bond acceptors (Lipinski definition) is 5. The first-order chi connectivity index (χ1) is 14.8. The fourth-order valence-electron chi connectivity index (χ4n) is 4.15. The van der Waals surface area contributed by atoms with Gasteiger partial charge in [0, 0.05) is 49.6 Å². The van der Waals surface area contributed by atoms with Crippen molar-refractivity contribution in [1.82, 2.24) is 24.6 Å². The van der Waals surface area contributed by atoms with Gasteiger partial charge in [-0.25, -0.2) is 9.97 Å². The summed E-state index contributed by atoms with van der Waals surface area (Å²) in [4.78, 5) is 22.7. The topological polar surface area (TPSA) is 77.0 Å². The van der Waals surface area contributed by atoms with E-state index in [9.17, 15) is 18.0 Å². The molecule has 1 saturated heterocycles. The number of fused-ring (bicyclic) bond motifs is 1. The van der Waals surface area contributed by atoms with Gasteiger partial charge in [0.25, 0.3) is 5.71 Å². The maximum Gasteiger partial charge on any atom is 0.417 e. The van der Waals surface area contributed by atoms with Crippen LogP contribution in [0.15, 0.2) is 29.3 Å². The molecule has 1 amide bonds. The summed E-state index contributed by atoms with van der Waals surface area (Å²) in [5.41, 5.74) is -0.337. The van der Waals surface area contributed by atoms with Crippen molar-refractivity contribution < 1.29 is 22.5 Å². The van der Waals surface area contributed by atoms with Gasteiger partial charge < -0.3 is 14.0 Å². The van der Waals surface area contributed by atoms with Crippen LogP contribution in [-0.4, -0.2) is 43.6 Å². The van der Waals surface area contributed by atoms with Crippen molar-refractivity contribution in [2.75, 3.05) is 13.1 Å². The summed E-state index contributed by atoms with van der Waals surface area (Å²) in [6.45, 7) is 4.55. The number of nitrogens with zero attached hydrogens (tertiary/aromatic N) is 5. The van der Waals surface area contributed by atoms with Gasteiger partial charge in [0.1, 0.15) is 0 Å². The summed E-state index contributed by atoms with van der Waals surface area (Å²) >= 11 is 0. The molecule has 0 radical (unpaired) electrons. The van der Waals surface area contributed by atoms with E-state index in [1.807, 2.05) is 11.5 Å². The highest BCUT2D eigenvalue weighted by molar-refractivity contribution is 5.82. The zero-order valence-corrected chi connectivity index (χ0v) is 17.4. The molecule has 0 N–H and O–H groups in total. The van der Waals surface area contributed by atoms with Gasteiger partial charge in [0.15, 0.2) is 0 Å². The van der Waals surface area contributed by atoms with Crippen molar-refractivity contribution in [3.63, 3.8) is 0 Å². The molecule has 0 saturated carbocycles. The quantitative estimate of drug-likeness (QED) is 0.595. The Balaban J connectivity index is 1.59. The Morgan fingerprint density at radius 3 is 2.87 bits per heavy atom. The molecule has 31 heavy (non-hydrogen) atoms. The van der Waals surface area contributed by atoms with Crippen LogP contribution in [0, 0.1) is 0 Å². The molecule has 3 aromatic rings. The highest BCUT2D eigenvalue weighted by Crippen LogP contribution is 2.40. The molecule has 4 heterocycles. The van der Waals surface area contributed by atoms with Gasteiger partial charge in [-0.05, 0) is 32.3 Å². The van der Waals surface area contributed by atoms with Crippen molar-refractivity contribution >= 4 is 17.0 Å². The molecule has 4 rings (SSSR count). The Morgan fingerprint density at radius 1 is 1.39 bits per heavy atom. The van der Waals surface area contributed by atoms with E-state index in [0.717, 1.165) is 6.07 Å². The summed E-state index contributed by atoms with van der Waals surface area (Å²) in [5.74, 6) is -0.376. The van der Waals surface area contributed by atoms with Crippen molar-refractivity contribution in [3.05, 3.63) is 41.7 Å². The second-order valence-corrected chi connectivity index (χ2v) is 8.00. The molecule has 7 nitrogen and oxygen atoms in total. The number of pyridine rings is 1. The molecule has 0 unspecified atom stereocenters. The zero-order chi connectivity index (χ0) is 22.2. The van der Waals surface area contributed by atoms with E-state index in [2.05, 4.69) is 15.1 Å². The zero-order valence-electron chi connectivity index (χ0n) is 17.4. The predicted molar refractivity (Wildman–Crippen MR) is 106 cm³/mol. The van der Waals surface area contributed by atoms with E-state index >= 15 is 0 Å². The van der Waals surface area contributed by atoms with E-state index in [1.165, 1.54) is 0 Å². The first kappa shape index (κ1) is 21.3. The normalized spacial score (nSPS) is 18.5. The Morgan fingerprint density at radius 2 is 2.19 bits per heavy atom. The van der Waals surface area contributed by atoms with Crippen molar-refractivity contribution in [1.29, 1.82) is 0 Å². The van der Waals surface area contributed by atoms with Gasteiger partial charge in [0.05, 0.1) is 23.0 Å². The smallest absolute Gasteiger partial charge is 0.342 e. The number of amides is 1. The highest BCUT2D eigenvalue weighted by Gasteiger charge is 2.38. The number of carbonyl (C=O) groups excluding carboxylic acids is 1. The lowest BCUT2D eigenvalue weighted by atomic mass is 9.91. The third kappa shape index (κ3) is 4.28. The number of imidazole rings is 1. The second kappa shape index (κ2) is 8.32. The van der Waals surface area contributed by atoms with Crippen LogP contribution >= 0.6 is 0 Å². The van der Waals surface area contributed by atoms with Gasteiger partial charge in [-0.2, -0.15) is 13.2 Å². The van der Waals surface area contributed by atoms with Crippen LogP contribution in [0.25, 0.3) is 11.1 Å². The minimum atomic E-state index is -4.55. The van der Waals surface area contributed by atoms with Crippen LogP contribution in [0.4, 0.5) is 13.2 Å². The van der Waals surface area contributed by atoms with E-state index in [0.29, 0.717) is 38.0 Å². The van der Waals surface area contributed by atoms with Gasteiger partial charge in [-0.1, -0.05) is 12.1 Å². The molecule has 2 atom stereocenters. The van der Waals surface area contributed by atoms with Gasteiger partial charge >= 0.3 is 6.18 Å². The molecule has 1 fully saturated rings. The van der Waals surface area contributed by atoms with Gasteiger partial charge in [-0.15, -0.1) is 0 Å². The Hall–Kier alpha value is -2.91. The molecule has 3 aromatic heterocycles. The molecule has 1 aliphatic rings. The summed E-state index contributed by atoms with van der Waals surface area (Å²) in [6, 6.07) is 1.01. The van der Waals surface area contributed by atoms with E-state index < -0.39 is 11.7 Å². The molecular formula is C21H24F3N5O2. The monoisotopic (exact) mass is 435 g/mol. The van der Waals surface area contributed by atoms with Crippen LogP contribution in [0.3, 0.4) is 0 Å². The summed E-state index contributed by atoms with van der Waals surface area (Å²) in [7, 11) is 0. The molecule has 0 aromatic carbocycles. The number of aromatic nitrogens is 4. The lowest BCUT2D eigenvalue weighted by molar-refractivity contribution is -0.136. The number of piperidine rings is 1. The number of alkyl halides is 3. The first-order valence-electron chi connectivity index (χ1n) is 10.4. The van der Waals surface area contributed by atoms with Crippen molar-refractivity contribution in [2.24, 2.45) is 0 Å². The minimum Gasteiger partial charge on any atom is -0.342 e. The molecule has 0 spiro atoms. The third-order valence-corrected chi connectivity index (χ3v) is 5.86. The SMILES string of the molecule is CCc1cc(C(F)(F)F)c2c([C@H]3CCCN(C(=O)C[C@@H](C)n4ccnc4)C3)noc2n1. The van der Waals surface area contributed by atoms with E-state index in [-0.39, 0.29) is 41.1 Å². The van der Waals surface area contributed by atoms with Gasteiger partial charge in [0.2, 0.25) is 5.91 Å². The van der Waals surface area contributed by atoms with Crippen LogP contribution < -0.4 is 0 Å². The third-order valence-electron chi connectivity index (χ3n) is 5.86. The standard InChI is InChI=1S/C21H24F3N5O2/c1-3-15-10-16(21(22,23)24)18-19(27-31-20(18)26-15)14-5-4-7-28(11-14)17(30)9-13(2)29-8-6-25-12-29/h6,8,10,12-14H,3-5,7,9,11H2,1-2H3/t13-,14+/m1/s1. The van der Waals surface area contributed by atoms with Gasteiger partial charge in [-0.3, -0.25) is 4.79 Å². The van der Waals surface area contributed by atoms with Crippen molar-refractivity contribution in [2.45, 2.75) is 57.7 Å². The average Bonchev–Trinajstić information content (AvgIpc) is 3.42. The Labute approximate surface area is 177 Å². The van der Waals surface area contributed by atoms with Crippen LogP contribution in [0.5, 0.6) is 0 Å². The minimum absolute atomic E-state index is 0.0406. The summed E-state index contributed by atoms with van der Waals surface area (Å²) in [6.07, 6.45) is 2.54. The molecular weight excluding hydrogens is 411 g/mol. The fraction of sp³-hybridized carbons (Fsp3) is 0.524. The maximum atomic E-state index is 13.8. The number of rotatable bonds is 5. The Bertz CT molecular complexity index is 1060. The van der Waals surface area contributed by atoms with Crippen molar-refractivity contribution in [3.8, 4) is 0 Å². The van der Waals surface area contributed by atoms with E-state index in [1.54, 1.807) is 30.5 Å². The lowest BCUT2D eigenvalue weighted by Gasteiger charge is -2.33. The van der Waals surface area contributed by atoms with Crippen LogP contribution in [0.1, 0.15) is 62.0 Å². The number of halogens is 3.